The molecule has 6 nitrogen and oxygen atoms in total. The van der Waals surface area contributed by atoms with Crippen LogP contribution in [0.3, 0.4) is 0 Å². The fourth-order valence-corrected chi connectivity index (χ4v) is 0.828. The molecule has 0 unspecified atom stereocenters. The molecule has 2 N–H and O–H groups in total. The van der Waals surface area contributed by atoms with Crippen molar-refractivity contribution in [2.45, 2.75) is 13.6 Å². The minimum absolute atomic E-state index is 0.0648. The standard InChI is InChI=1S/C5H8N4O2/c1-4-7-2-5(9(10)11)8(4)3-6/h2H,3,6H2,1H3. The molecule has 0 aromatic carbocycles. The molecule has 0 radical (unpaired) electrons. The van der Waals surface area contributed by atoms with Gasteiger partial charge in [-0.25, -0.2) is 4.98 Å². The number of imidazole rings is 1. The van der Waals surface area contributed by atoms with E-state index in [4.69, 9.17) is 5.73 Å². The van der Waals surface area contributed by atoms with Gasteiger partial charge in [0.05, 0.1) is 0 Å². The van der Waals surface area contributed by atoms with E-state index in [0.29, 0.717) is 5.82 Å². The highest BCUT2D eigenvalue weighted by Gasteiger charge is 2.14. The number of nitrogens with zero attached hydrogens (tertiary/aromatic N) is 3. The molecule has 0 aliphatic heterocycles. The first-order chi connectivity index (χ1) is 5.16. The number of aromatic nitrogens is 2. The Bertz CT molecular complexity index is 280. The zero-order chi connectivity index (χ0) is 8.43. The molecule has 1 rings (SSSR count). The van der Waals surface area contributed by atoms with E-state index in [1.807, 2.05) is 0 Å². The Balaban J connectivity index is 3.15. The number of nitrogens with two attached hydrogens (primary N) is 1. The van der Waals surface area contributed by atoms with Gasteiger partial charge < -0.3 is 10.1 Å². The summed E-state index contributed by atoms with van der Waals surface area (Å²) >= 11 is 0. The number of aryl methyl sites for hydroxylation is 1. The second-order valence-electron chi connectivity index (χ2n) is 2.03. The molecule has 0 spiro atoms. The lowest BCUT2D eigenvalue weighted by molar-refractivity contribution is -0.392. The number of hydrogen-bond donors (Lipinski definition) is 1. The molecule has 0 aliphatic carbocycles. The summed E-state index contributed by atoms with van der Waals surface area (Å²) in [6, 6.07) is 0. The summed E-state index contributed by atoms with van der Waals surface area (Å²) < 4.78 is 1.33. The van der Waals surface area contributed by atoms with Crippen molar-refractivity contribution in [2.24, 2.45) is 5.73 Å². The van der Waals surface area contributed by atoms with E-state index < -0.39 is 4.92 Å². The number of hydrogen-bond acceptors (Lipinski definition) is 4. The van der Waals surface area contributed by atoms with E-state index in [0.717, 1.165) is 0 Å². The SMILES string of the molecule is Cc1ncc([N+](=O)[O-])n1CN. The summed E-state index contributed by atoms with van der Waals surface area (Å²) in [6.45, 7) is 1.75. The van der Waals surface area contributed by atoms with Gasteiger partial charge in [-0.3, -0.25) is 5.73 Å². The first-order valence-electron chi connectivity index (χ1n) is 3.03. The van der Waals surface area contributed by atoms with Crippen molar-refractivity contribution in [1.82, 2.24) is 9.55 Å². The van der Waals surface area contributed by atoms with Crippen LogP contribution in [0.5, 0.6) is 0 Å². The van der Waals surface area contributed by atoms with E-state index in [1.54, 1.807) is 6.92 Å². The predicted octanol–water partition coefficient (Wildman–Crippen LogP) is 0.0159. The van der Waals surface area contributed by atoms with Gasteiger partial charge in [0.25, 0.3) is 0 Å². The van der Waals surface area contributed by atoms with Gasteiger partial charge in [0.2, 0.25) is 0 Å². The molecule has 6 heteroatoms. The molecule has 0 atom stereocenters. The zero-order valence-electron chi connectivity index (χ0n) is 6.02. The Hall–Kier alpha value is -1.43. The highest BCUT2D eigenvalue weighted by atomic mass is 16.6. The largest absolute Gasteiger partial charge is 0.358 e. The van der Waals surface area contributed by atoms with Gasteiger partial charge in [-0.1, -0.05) is 0 Å². The number of rotatable bonds is 2. The maximum absolute atomic E-state index is 10.3. The van der Waals surface area contributed by atoms with E-state index in [-0.39, 0.29) is 12.5 Å². The summed E-state index contributed by atoms with van der Waals surface area (Å²) in [7, 11) is 0. The van der Waals surface area contributed by atoms with Gasteiger partial charge in [0.15, 0.2) is 5.82 Å². The summed E-state index contributed by atoms with van der Waals surface area (Å²) in [5.41, 5.74) is 5.25. The molecule has 60 valence electrons. The van der Waals surface area contributed by atoms with Gasteiger partial charge in [-0.2, -0.15) is 4.57 Å². The van der Waals surface area contributed by atoms with E-state index >= 15 is 0 Å². The third-order valence-corrected chi connectivity index (χ3v) is 1.40. The lowest BCUT2D eigenvalue weighted by atomic mass is 10.7. The van der Waals surface area contributed by atoms with Crippen LogP contribution in [0.4, 0.5) is 5.82 Å². The first-order valence-corrected chi connectivity index (χ1v) is 3.03. The van der Waals surface area contributed by atoms with Crippen molar-refractivity contribution in [3.8, 4) is 0 Å². The molecule has 0 aliphatic rings. The quantitative estimate of drug-likeness (QED) is 0.482. The summed E-state index contributed by atoms with van der Waals surface area (Å²) in [4.78, 5) is 13.5. The highest BCUT2D eigenvalue weighted by molar-refractivity contribution is 5.18. The molecular weight excluding hydrogens is 148 g/mol. The molecule has 1 aromatic rings. The fourth-order valence-electron chi connectivity index (χ4n) is 0.828. The molecule has 0 saturated carbocycles. The van der Waals surface area contributed by atoms with Crippen LogP contribution in [0, 0.1) is 17.0 Å². The van der Waals surface area contributed by atoms with Crippen LogP contribution in [-0.2, 0) is 6.67 Å². The maximum atomic E-state index is 10.3. The fraction of sp³-hybridized carbons (Fsp3) is 0.400. The van der Waals surface area contributed by atoms with Crippen LogP contribution >= 0.6 is 0 Å². The van der Waals surface area contributed by atoms with Crippen LogP contribution in [0.15, 0.2) is 6.20 Å². The van der Waals surface area contributed by atoms with Crippen molar-refractivity contribution < 1.29 is 4.92 Å². The zero-order valence-corrected chi connectivity index (χ0v) is 6.02. The predicted molar refractivity (Wildman–Crippen MR) is 37.8 cm³/mol. The third kappa shape index (κ3) is 1.20. The van der Waals surface area contributed by atoms with Gasteiger partial charge in [0.1, 0.15) is 12.9 Å². The molecule has 0 saturated heterocycles. The summed E-state index contributed by atoms with van der Waals surface area (Å²) in [5.74, 6) is 0.490. The molecule has 1 aromatic heterocycles. The lowest BCUT2D eigenvalue weighted by Gasteiger charge is -1.96. The van der Waals surface area contributed by atoms with Crippen LogP contribution in [-0.4, -0.2) is 14.5 Å². The van der Waals surface area contributed by atoms with Gasteiger partial charge in [-0.15, -0.1) is 0 Å². The van der Waals surface area contributed by atoms with Crippen molar-refractivity contribution >= 4 is 5.82 Å². The molecule has 0 fully saturated rings. The van der Waals surface area contributed by atoms with Crippen LogP contribution < -0.4 is 5.73 Å². The minimum atomic E-state index is -0.507. The van der Waals surface area contributed by atoms with Crippen molar-refractivity contribution in [2.75, 3.05) is 0 Å². The normalized spacial score (nSPS) is 10.0. The second-order valence-corrected chi connectivity index (χ2v) is 2.03. The topological polar surface area (TPSA) is 87.0 Å². The molecular formula is C5H8N4O2. The van der Waals surface area contributed by atoms with Crippen LogP contribution in [0.1, 0.15) is 5.82 Å². The van der Waals surface area contributed by atoms with E-state index in [2.05, 4.69) is 4.98 Å². The Labute approximate surface area is 62.8 Å². The Morgan fingerprint density at radius 2 is 2.55 bits per heavy atom. The summed E-state index contributed by atoms with van der Waals surface area (Å²) in [6.07, 6.45) is 1.20. The van der Waals surface area contributed by atoms with Crippen molar-refractivity contribution in [3.63, 3.8) is 0 Å². The monoisotopic (exact) mass is 156 g/mol. The second kappa shape index (κ2) is 2.67. The average molecular weight is 156 g/mol. The molecule has 0 bridgehead atoms. The van der Waals surface area contributed by atoms with Crippen LogP contribution in [0.2, 0.25) is 0 Å². The van der Waals surface area contributed by atoms with Gasteiger partial charge >= 0.3 is 5.82 Å². The van der Waals surface area contributed by atoms with E-state index in [9.17, 15) is 10.1 Å². The Morgan fingerprint density at radius 3 is 2.91 bits per heavy atom. The number of nitro groups is 1. The third-order valence-electron chi connectivity index (χ3n) is 1.40. The van der Waals surface area contributed by atoms with Gasteiger partial charge in [-0.05, 0) is 4.92 Å². The van der Waals surface area contributed by atoms with Crippen LogP contribution in [0.25, 0.3) is 0 Å². The lowest BCUT2D eigenvalue weighted by Crippen LogP contribution is -2.11. The minimum Gasteiger partial charge on any atom is -0.358 e. The van der Waals surface area contributed by atoms with Gasteiger partial charge in [0, 0.05) is 6.92 Å². The summed E-state index contributed by atoms with van der Waals surface area (Å²) in [5, 5.41) is 10.3. The molecule has 0 amide bonds. The highest BCUT2D eigenvalue weighted by Crippen LogP contribution is 2.11. The molecule has 11 heavy (non-hydrogen) atoms. The maximum Gasteiger partial charge on any atom is 0.343 e. The van der Waals surface area contributed by atoms with E-state index in [1.165, 1.54) is 10.8 Å². The molecule has 1 heterocycles. The van der Waals surface area contributed by atoms with Crippen molar-refractivity contribution in [1.29, 1.82) is 0 Å². The van der Waals surface area contributed by atoms with Crippen molar-refractivity contribution in [3.05, 3.63) is 22.1 Å². The first kappa shape index (κ1) is 7.67. The smallest absolute Gasteiger partial charge is 0.343 e. The Kier molecular flexibility index (Phi) is 1.86. The average Bonchev–Trinajstić information content (AvgIpc) is 2.30. The Morgan fingerprint density at radius 1 is 1.91 bits per heavy atom.